The molecule has 112 valence electrons. The molecule has 3 aliphatic heterocycles. The van der Waals surface area contributed by atoms with E-state index in [1.165, 1.54) is 16.8 Å². The molecule has 6 rings (SSSR count). The molecule has 0 saturated carbocycles. The molecule has 1 fully saturated rings. The minimum absolute atomic E-state index is 0.123. The summed E-state index contributed by atoms with van der Waals surface area (Å²) >= 11 is 0. The number of nitrogens with zero attached hydrogens (tertiary/aromatic N) is 1. The quantitative estimate of drug-likeness (QED) is 0.697. The SMILES string of the molecule is CC1(C)[C@@H]2c3ccccc3[C@@H](c3cccc[n+]32)C12OCCO2. The van der Waals surface area contributed by atoms with Crippen LogP contribution in [0.25, 0.3) is 0 Å². The Bertz CT molecular complexity index is 714. The third-order valence-corrected chi connectivity index (χ3v) is 5.78. The van der Waals surface area contributed by atoms with E-state index in [0.717, 1.165) is 0 Å². The lowest BCUT2D eigenvalue weighted by atomic mass is 9.57. The first-order valence-electron chi connectivity index (χ1n) is 8.04. The molecule has 1 spiro atoms. The molecule has 4 aliphatic rings. The van der Waals surface area contributed by atoms with Gasteiger partial charge in [0, 0.05) is 17.7 Å². The maximum Gasteiger partial charge on any atom is 0.197 e. The maximum atomic E-state index is 6.31. The van der Waals surface area contributed by atoms with Crippen LogP contribution < -0.4 is 4.57 Å². The first kappa shape index (κ1) is 12.8. The maximum absolute atomic E-state index is 6.31. The van der Waals surface area contributed by atoms with E-state index in [4.69, 9.17) is 9.47 Å². The Kier molecular flexibility index (Phi) is 2.31. The van der Waals surface area contributed by atoms with Crippen molar-refractivity contribution in [3.05, 3.63) is 65.5 Å². The lowest BCUT2D eigenvalue weighted by molar-refractivity contribution is -0.754. The minimum atomic E-state index is -0.548. The van der Waals surface area contributed by atoms with Crippen LogP contribution in [0.15, 0.2) is 48.7 Å². The van der Waals surface area contributed by atoms with Gasteiger partial charge in [-0.1, -0.05) is 30.3 Å². The summed E-state index contributed by atoms with van der Waals surface area (Å²) in [6.45, 7) is 5.94. The second-order valence-electron chi connectivity index (χ2n) is 7.08. The number of hydrogen-bond acceptors (Lipinski definition) is 2. The lowest BCUT2D eigenvalue weighted by Crippen LogP contribution is -2.70. The normalized spacial score (nSPS) is 29.4. The highest BCUT2D eigenvalue weighted by Gasteiger charge is 2.71. The average Bonchev–Trinajstić information content (AvgIpc) is 3.01. The molecule has 0 N–H and O–H groups in total. The van der Waals surface area contributed by atoms with Gasteiger partial charge in [0.2, 0.25) is 0 Å². The molecule has 1 aromatic heterocycles. The molecule has 1 saturated heterocycles. The van der Waals surface area contributed by atoms with Gasteiger partial charge in [0.1, 0.15) is 5.92 Å². The van der Waals surface area contributed by atoms with Crippen molar-refractivity contribution in [2.24, 2.45) is 5.41 Å². The summed E-state index contributed by atoms with van der Waals surface area (Å²) in [5, 5.41) is 0. The van der Waals surface area contributed by atoms with Gasteiger partial charge in [0.15, 0.2) is 23.7 Å². The minimum Gasteiger partial charge on any atom is -0.345 e. The molecule has 2 aromatic rings. The summed E-state index contributed by atoms with van der Waals surface area (Å²) in [6.07, 6.45) is 2.20. The number of aromatic nitrogens is 1. The van der Waals surface area contributed by atoms with E-state index < -0.39 is 5.79 Å². The zero-order chi connectivity index (χ0) is 14.9. The fourth-order valence-corrected chi connectivity index (χ4v) is 4.95. The van der Waals surface area contributed by atoms with Crippen LogP contribution in [0.5, 0.6) is 0 Å². The predicted octanol–water partition coefficient (Wildman–Crippen LogP) is 2.79. The van der Waals surface area contributed by atoms with Crippen LogP contribution in [-0.2, 0) is 9.47 Å². The van der Waals surface area contributed by atoms with E-state index in [2.05, 4.69) is 67.1 Å². The summed E-state index contributed by atoms with van der Waals surface area (Å²) in [7, 11) is 0. The van der Waals surface area contributed by atoms with Crippen molar-refractivity contribution < 1.29 is 14.0 Å². The van der Waals surface area contributed by atoms with E-state index >= 15 is 0 Å². The number of hydrogen-bond donors (Lipinski definition) is 0. The third kappa shape index (κ3) is 1.24. The van der Waals surface area contributed by atoms with Crippen molar-refractivity contribution in [2.45, 2.75) is 31.6 Å². The second-order valence-corrected chi connectivity index (χ2v) is 7.08. The Hall–Kier alpha value is -1.71. The molecule has 0 radical (unpaired) electrons. The molecule has 4 heterocycles. The lowest BCUT2D eigenvalue weighted by Gasteiger charge is -2.55. The van der Waals surface area contributed by atoms with Gasteiger partial charge in [-0.25, -0.2) is 0 Å². The van der Waals surface area contributed by atoms with Crippen LogP contribution >= 0.6 is 0 Å². The van der Waals surface area contributed by atoms with Crippen LogP contribution in [0.2, 0.25) is 0 Å². The van der Waals surface area contributed by atoms with Gasteiger partial charge < -0.3 is 9.47 Å². The Morgan fingerprint density at radius 2 is 1.64 bits per heavy atom. The molecule has 0 unspecified atom stereocenters. The predicted molar refractivity (Wildman–Crippen MR) is 81.5 cm³/mol. The molecule has 2 atom stereocenters. The highest BCUT2D eigenvalue weighted by molar-refractivity contribution is 5.46. The summed E-state index contributed by atoms with van der Waals surface area (Å²) in [5.41, 5.74) is 3.94. The summed E-state index contributed by atoms with van der Waals surface area (Å²) in [4.78, 5) is 0. The number of benzene rings is 1. The Balaban J connectivity index is 1.89. The highest BCUT2D eigenvalue weighted by Crippen LogP contribution is 2.62. The van der Waals surface area contributed by atoms with Gasteiger partial charge in [-0.05, 0) is 19.4 Å². The first-order valence-corrected chi connectivity index (χ1v) is 8.04. The van der Waals surface area contributed by atoms with Crippen LogP contribution in [0.4, 0.5) is 0 Å². The van der Waals surface area contributed by atoms with E-state index in [-0.39, 0.29) is 17.4 Å². The van der Waals surface area contributed by atoms with Crippen LogP contribution in [0.1, 0.15) is 42.6 Å². The molecular formula is C19H20NO2+. The average molecular weight is 294 g/mol. The van der Waals surface area contributed by atoms with Crippen LogP contribution in [0, 0.1) is 5.41 Å². The molecule has 0 amide bonds. The molecule has 3 nitrogen and oxygen atoms in total. The van der Waals surface area contributed by atoms with E-state index in [0.29, 0.717) is 13.2 Å². The largest absolute Gasteiger partial charge is 0.345 e. The number of ether oxygens (including phenoxy) is 2. The molecule has 1 aliphatic carbocycles. The number of pyridine rings is 1. The summed E-state index contributed by atoms with van der Waals surface area (Å²) in [6, 6.07) is 15.5. The highest BCUT2D eigenvalue weighted by atomic mass is 16.7. The van der Waals surface area contributed by atoms with E-state index in [9.17, 15) is 0 Å². The van der Waals surface area contributed by atoms with Gasteiger partial charge in [-0.2, -0.15) is 4.57 Å². The fraction of sp³-hybridized carbons (Fsp3) is 0.421. The Labute approximate surface area is 130 Å². The zero-order valence-corrected chi connectivity index (χ0v) is 13.0. The molecule has 2 bridgehead atoms. The summed E-state index contributed by atoms with van der Waals surface area (Å²) < 4.78 is 15.0. The standard InChI is InChI=1S/C19H20NO2/c1-18(2)17-14-8-4-3-7-13(14)16(19(18)21-11-12-22-19)15-9-5-6-10-20(15)17/h3-10,16-17H,11-12H2,1-2H3/q+1/t16-,17-/m0/s1. The van der Waals surface area contributed by atoms with Crippen molar-refractivity contribution in [3.63, 3.8) is 0 Å². The zero-order valence-electron chi connectivity index (χ0n) is 13.0. The third-order valence-electron chi connectivity index (χ3n) is 5.78. The Morgan fingerprint density at radius 3 is 2.41 bits per heavy atom. The van der Waals surface area contributed by atoms with E-state index in [1.54, 1.807) is 0 Å². The monoisotopic (exact) mass is 294 g/mol. The van der Waals surface area contributed by atoms with Gasteiger partial charge in [-0.15, -0.1) is 0 Å². The molecular weight excluding hydrogens is 274 g/mol. The van der Waals surface area contributed by atoms with Crippen molar-refractivity contribution in [3.8, 4) is 0 Å². The van der Waals surface area contributed by atoms with Crippen molar-refractivity contribution in [1.29, 1.82) is 0 Å². The molecule has 22 heavy (non-hydrogen) atoms. The topological polar surface area (TPSA) is 22.3 Å². The number of rotatable bonds is 0. The summed E-state index contributed by atoms with van der Waals surface area (Å²) in [5.74, 6) is -0.416. The Morgan fingerprint density at radius 1 is 0.955 bits per heavy atom. The van der Waals surface area contributed by atoms with Crippen molar-refractivity contribution in [2.75, 3.05) is 13.2 Å². The van der Waals surface area contributed by atoms with Crippen molar-refractivity contribution in [1.82, 2.24) is 0 Å². The van der Waals surface area contributed by atoms with Crippen LogP contribution in [0.3, 0.4) is 0 Å². The van der Waals surface area contributed by atoms with Gasteiger partial charge in [0.25, 0.3) is 0 Å². The second kappa shape index (κ2) is 3.98. The molecule has 3 heteroatoms. The van der Waals surface area contributed by atoms with Crippen LogP contribution in [-0.4, -0.2) is 19.0 Å². The van der Waals surface area contributed by atoms with E-state index in [1.807, 2.05) is 0 Å². The molecule has 1 aromatic carbocycles. The smallest absolute Gasteiger partial charge is 0.197 e. The fourth-order valence-electron chi connectivity index (χ4n) is 4.95. The van der Waals surface area contributed by atoms with Crippen molar-refractivity contribution >= 4 is 0 Å². The van der Waals surface area contributed by atoms with Gasteiger partial charge in [0.05, 0.1) is 18.6 Å². The van der Waals surface area contributed by atoms with Gasteiger partial charge >= 0.3 is 0 Å². The van der Waals surface area contributed by atoms with Gasteiger partial charge in [-0.3, -0.25) is 0 Å². The first-order chi connectivity index (χ1) is 10.7.